The summed E-state index contributed by atoms with van der Waals surface area (Å²) in [6.07, 6.45) is 0. The molecule has 0 atom stereocenters. The average molecular weight is 420 g/mol. The topological polar surface area (TPSA) is 76.9 Å². The fourth-order valence-electron chi connectivity index (χ4n) is 3.07. The summed E-state index contributed by atoms with van der Waals surface area (Å²) in [5.41, 5.74) is -0.778. The van der Waals surface area contributed by atoms with Crippen molar-refractivity contribution in [2.75, 3.05) is 4.72 Å². The van der Waals surface area contributed by atoms with Gasteiger partial charge in [-0.3, -0.25) is 4.72 Å². The number of anilines is 1. The molecule has 0 saturated carbocycles. The predicted octanol–water partition coefficient (Wildman–Crippen LogP) is 4.17. The molecule has 0 saturated heterocycles. The Balaban J connectivity index is 2.33. The molecule has 0 aliphatic rings. The molecule has 0 radical (unpaired) electrons. The standard InChI is InChI=1S/C20H22F2N4O2S/c1-12-23-24-19(26(12)5)16-15(11-14(21)18(22)17(16)20(2,3)4)25-29(27,28)13-9-7-6-8-10-13/h6-11,25H,1-5H3. The van der Waals surface area contributed by atoms with E-state index >= 15 is 0 Å². The van der Waals surface area contributed by atoms with E-state index in [1.54, 1.807) is 57.5 Å². The SMILES string of the molecule is Cc1nnc(-c2c(NS(=O)(=O)c3ccccc3)cc(F)c(F)c2C(C)(C)C)n1C. The molecule has 9 heteroatoms. The summed E-state index contributed by atoms with van der Waals surface area (Å²) in [4.78, 5) is 0.00198. The van der Waals surface area contributed by atoms with Gasteiger partial charge in [0.15, 0.2) is 17.5 Å². The van der Waals surface area contributed by atoms with Crippen LogP contribution in [0.25, 0.3) is 11.4 Å². The van der Waals surface area contributed by atoms with E-state index in [1.165, 1.54) is 12.1 Å². The number of rotatable bonds is 4. The van der Waals surface area contributed by atoms with Crippen LogP contribution in [0.1, 0.15) is 32.2 Å². The minimum absolute atomic E-state index is 0.00198. The molecule has 6 nitrogen and oxygen atoms in total. The average Bonchev–Trinajstić information content (AvgIpc) is 2.96. The van der Waals surface area contributed by atoms with Crippen LogP contribution in [0, 0.1) is 18.6 Å². The fraction of sp³-hybridized carbons (Fsp3) is 0.300. The van der Waals surface area contributed by atoms with Crippen molar-refractivity contribution in [1.29, 1.82) is 0 Å². The third-order valence-corrected chi connectivity index (χ3v) is 5.96. The van der Waals surface area contributed by atoms with Gasteiger partial charge in [-0.25, -0.2) is 17.2 Å². The number of aromatic nitrogens is 3. The van der Waals surface area contributed by atoms with Crippen LogP contribution in [-0.2, 0) is 22.5 Å². The van der Waals surface area contributed by atoms with E-state index in [4.69, 9.17) is 0 Å². The predicted molar refractivity (Wildman–Crippen MR) is 107 cm³/mol. The molecule has 0 unspecified atom stereocenters. The molecular formula is C20H22F2N4O2S. The lowest BCUT2D eigenvalue weighted by molar-refractivity contribution is 0.466. The first-order valence-electron chi connectivity index (χ1n) is 8.90. The molecule has 0 bridgehead atoms. The number of nitrogens with one attached hydrogen (secondary N) is 1. The molecule has 3 aromatic rings. The fourth-order valence-corrected chi connectivity index (χ4v) is 4.16. The minimum Gasteiger partial charge on any atom is -0.314 e. The van der Waals surface area contributed by atoms with E-state index in [-0.39, 0.29) is 27.5 Å². The van der Waals surface area contributed by atoms with Gasteiger partial charge in [0.2, 0.25) is 0 Å². The molecule has 1 aromatic heterocycles. The van der Waals surface area contributed by atoms with E-state index in [0.29, 0.717) is 5.82 Å². The van der Waals surface area contributed by atoms with Crippen LogP contribution in [0.3, 0.4) is 0 Å². The lowest BCUT2D eigenvalue weighted by atomic mass is 9.82. The van der Waals surface area contributed by atoms with Gasteiger partial charge in [0, 0.05) is 18.7 Å². The second kappa shape index (κ2) is 7.22. The van der Waals surface area contributed by atoms with Crippen LogP contribution in [0.15, 0.2) is 41.3 Å². The van der Waals surface area contributed by atoms with Gasteiger partial charge in [-0.15, -0.1) is 10.2 Å². The van der Waals surface area contributed by atoms with E-state index in [0.717, 1.165) is 6.07 Å². The second-order valence-corrected chi connectivity index (χ2v) is 9.45. The molecule has 0 aliphatic heterocycles. The first-order valence-corrected chi connectivity index (χ1v) is 10.4. The Bertz CT molecular complexity index is 1170. The highest BCUT2D eigenvalue weighted by Gasteiger charge is 2.32. The normalized spacial score (nSPS) is 12.2. The molecule has 0 spiro atoms. The van der Waals surface area contributed by atoms with Crippen molar-refractivity contribution in [2.24, 2.45) is 7.05 Å². The van der Waals surface area contributed by atoms with Crippen LogP contribution in [0.2, 0.25) is 0 Å². The molecule has 154 valence electrons. The number of aryl methyl sites for hydroxylation is 1. The Labute approximate surface area is 168 Å². The summed E-state index contributed by atoms with van der Waals surface area (Å²) in [6, 6.07) is 8.51. The van der Waals surface area contributed by atoms with Crippen LogP contribution < -0.4 is 4.72 Å². The third kappa shape index (κ3) is 3.87. The zero-order chi connectivity index (χ0) is 21.6. The van der Waals surface area contributed by atoms with Crippen LogP contribution in [0.4, 0.5) is 14.5 Å². The molecule has 1 N–H and O–H groups in total. The maximum atomic E-state index is 14.9. The minimum atomic E-state index is -4.04. The highest BCUT2D eigenvalue weighted by Crippen LogP contribution is 2.41. The first-order chi connectivity index (χ1) is 13.4. The van der Waals surface area contributed by atoms with Gasteiger partial charge in [-0.2, -0.15) is 0 Å². The summed E-state index contributed by atoms with van der Waals surface area (Å²) < 4.78 is 59.1. The Morgan fingerprint density at radius 1 is 1.07 bits per heavy atom. The molecule has 2 aromatic carbocycles. The Morgan fingerprint density at radius 3 is 2.21 bits per heavy atom. The summed E-state index contributed by atoms with van der Waals surface area (Å²) in [6.45, 7) is 6.86. The van der Waals surface area contributed by atoms with Crippen molar-refractivity contribution in [2.45, 2.75) is 38.0 Å². The lowest BCUT2D eigenvalue weighted by Gasteiger charge is -2.26. The van der Waals surface area contributed by atoms with Crippen LogP contribution in [0.5, 0.6) is 0 Å². The van der Waals surface area contributed by atoms with Crippen molar-refractivity contribution in [3.05, 3.63) is 59.4 Å². The second-order valence-electron chi connectivity index (χ2n) is 7.77. The monoisotopic (exact) mass is 420 g/mol. The van der Waals surface area contributed by atoms with Gasteiger partial charge < -0.3 is 4.57 Å². The molecule has 3 rings (SSSR count). The van der Waals surface area contributed by atoms with Crippen molar-refractivity contribution in [3.63, 3.8) is 0 Å². The quantitative estimate of drug-likeness (QED) is 0.687. The van der Waals surface area contributed by atoms with E-state index < -0.39 is 27.1 Å². The van der Waals surface area contributed by atoms with Crippen molar-refractivity contribution < 1.29 is 17.2 Å². The third-order valence-electron chi connectivity index (χ3n) is 4.58. The van der Waals surface area contributed by atoms with Gasteiger partial charge >= 0.3 is 0 Å². The molecule has 1 heterocycles. The number of sulfonamides is 1. The zero-order valence-corrected chi connectivity index (χ0v) is 17.6. The van der Waals surface area contributed by atoms with Crippen LogP contribution >= 0.6 is 0 Å². The van der Waals surface area contributed by atoms with Gasteiger partial charge in [-0.1, -0.05) is 39.0 Å². The van der Waals surface area contributed by atoms with E-state index in [2.05, 4.69) is 14.9 Å². The van der Waals surface area contributed by atoms with Gasteiger partial charge in [0.25, 0.3) is 10.0 Å². The molecule has 29 heavy (non-hydrogen) atoms. The maximum absolute atomic E-state index is 14.9. The summed E-state index contributed by atoms with van der Waals surface area (Å²) in [5, 5.41) is 8.07. The van der Waals surface area contributed by atoms with Crippen molar-refractivity contribution in [3.8, 4) is 11.4 Å². The van der Waals surface area contributed by atoms with Crippen molar-refractivity contribution in [1.82, 2.24) is 14.8 Å². The highest BCUT2D eigenvalue weighted by molar-refractivity contribution is 7.92. The molecule has 0 amide bonds. The number of hydrogen-bond acceptors (Lipinski definition) is 4. The highest BCUT2D eigenvalue weighted by atomic mass is 32.2. The van der Waals surface area contributed by atoms with Gasteiger partial charge in [-0.05, 0) is 24.5 Å². The smallest absolute Gasteiger partial charge is 0.261 e. The van der Waals surface area contributed by atoms with Gasteiger partial charge in [0.1, 0.15) is 5.82 Å². The summed E-state index contributed by atoms with van der Waals surface area (Å²) in [5.74, 6) is -1.42. The van der Waals surface area contributed by atoms with Gasteiger partial charge in [0.05, 0.1) is 16.1 Å². The van der Waals surface area contributed by atoms with Crippen molar-refractivity contribution >= 4 is 15.7 Å². The summed E-state index contributed by atoms with van der Waals surface area (Å²) >= 11 is 0. The lowest BCUT2D eigenvalue weighted by Crippen LogP contribution is -2.21. The Morgan fingerprint density at radius 2 is 1.69 bits per heavy atom. The molecule has 0 aliphatic carbocycles. The summed E-state index contributed by atoms with van der Waals surface area (Å²) in [7, 11) is -2.36. The number of hydrogen-bond donors (Lipinski definition) is 1. The largest absolute Gasteiger partial charge is 0.314 e. The molecular weight excluding hydrogens is 398 g/mol. The van der Waals surface area contributed by atoms with E-state index in [9.17, 15) is 17.2 Å². The van der Waals surface area contributed by atoms with E-state index in [1.807, 2.05) is 0 Å². The van der Waals surface area contributed by atoms with Crippen LogP contribution in [-0.4, -0.2) is 23.2 Å². The number of halogens is 2. The molecule has 0 fully saturated rings. The Hall–Kier alpha value is -2.81. The first kappa shape index (κ1) is 20.9. The number of benzene rings is 2. The Kier molecular flexibility index (Phi) is 5.20. The zero-order valence-electron chi connectivity index (χ0n) is 16.8. The number of nitrogens with zero attached hydrogens (tertiary/aromatic N) is 3. The maximum Gasteiger partial charge on any atom is 0.261 e.